The quantitative estimate of drug-likeness (QED) is 0.414. The molecule has 0 rings (SSSR count). The molecule has 0 aromatic carbocycles. The number of nitrogens with two attached hydrogens (primary N) is 1. The van der Waals surface area contributed by atoms with Crippen LogP contribution in [0.3, 0.4) is 0 Å². The molecule has 0 bridgehead atoms. The van der Waals surface area contributed by atoms with Crippen LogP contribution in [-0.4, -0.2) is 29.5 Å². The molecule has 0 spiro atoms. The summed E-state index contributed by atoms with van der Waals surface area (Å²) < 4.78 is 0. The summed E-state index contributed by atoms with van der Waals surface area (Å²) in [5.41, 5.74) is 4.77. The van der Waals surface area contributed by atoms with Crippen LogP contribution in [0.25, 0.3) is 0 Å². The average Bonchev–Trinajstić information content (AvgIpc) is 1.65. The van der Waals surface area contributed by atoms with Crippen molar-refractivity contribution in [1.82, 2.24) is 0 Å². The molecular formula is C3H9NO3. The number of carbonyl (C=O) groups is 1. The number of ketones is 1. The standard InChI is InChI=1S/C3H7NO2.H2O/c4-1-3(6)2-5;/h5H,1-2,4H2;1H2. The van der Waals surface area contributed by atoms with Gasteiger partial charge in [-0.05, 0) is 0 Å². The summed E-state index contributed by atoms with van der Waals surface area (Å²) >= 11 is 0. The highest BCUT2D eigenvalue weighted by Crippen LogP contribution is 1.56. The Kier molecular flexibility index (Phi) is 7.73. The van der Waals surface area contributed by atoms with E-state index < -0.39 is 6.61 Å². The molecule has 0 radical (unpaired) electrons. The largest absolute Gasteiger partial charge is 0.412 e. The summed E-state index contributed by atoms with van der Waals surface area (Å²) in [6, 6.07) is 0. The maximum atomic E-state index is 9.81. The van der Waals surface area contributed by atoms with Crippen LogP contribution < -0.4 is 5.73 Å². The second-order valence-corrected chi connectivity index (χ2v) is 0.901. The summed E-state index contributed by atoms with van der Waals surface area (Å²) in [6.45, 7) is -0.493. The van der Waals surface area contributed by atoms with Gasteiger partial charge in [-0.25, -0.2) is 0 Å². The first-order valence-electron chi connectivity index (χ1n) is 1.64. The minimum Gasteiger partial charge on any atom is -0.412 e. The van der Waals surface area contributed by atoms with E-state index in [1.807, 2.05) is 0 Å². The number of hydrogen-bond acceptors (Lipinski definition) is 3. The third-order valence-corrected chi connectivity index (χ3v) is 0.404. The first kappa shape index (κ1) is 9.75. The fourth-order valence-electron chi connectivity index (χ4n) is 0.0645. The molecule has 44 valence electrons. The molecular weight excluding hydrogens is 98.0 g/mol. The topological polar surface area (TPSA) is 94.8 Å². The van der Waals surface area contributed by atoms with Crippen LogP contribution in [0.4, 0.5) is 0 Å². The fraction of sp³-hybridized carbons (Fsp3) is 0.667. The van der Waals surface area contributed by atoms with Gasteiger partial charge in [0.1, 0.15) is 6.61 Å². The minimum atomic E-state index is -0.434. The van der Waals surface area contributed by atoms with Gasteiger partial charge in [0, 0.05) is 0 Å². The van der Waals surface area contributed by atoms with Crippen LogP contribution in [0.2, 0.25) is 0 Å². The van der Waals surface area contributed by atoms with E-state index in [9.17, 15) is 4.79 Å². The van der Waals surface area contributed by atoms with E-state index in [2.05, 4.69) is 0 Å². The zero-order valence-corrected chi connectivity index (χ0v) is 3.85. The van der Waals surface area contributed by atoms with E-state index in [4.69, 9.17) is 10.8 Å². The van der Waals surface area contributed by atoms with Crippen LogP contribution in [0.5, 0.6) is 0 Å². The zero-order valence-electron chi connectivity index (χ0n) is 3.85. The van der Waals surface area contributed by atoms with Gasteiger partial charge >= 0.3 is 0 Å². The molecule has 0 heterocycles. The molecule has 0 saturated heterocycles. The summed E-state index contributed by atoms with van der Waals surface area (Å²) in [5.74, 6) is -0.324. The van der Waals surface area contributed by atoms with Gasteiger partial charge in [-0.1, -0.05) is 0 Å². The van der Waals surface area contributed by atoms with Crippen molar-refractivity contribution in [3.63, 3.8) is 0 Å². The van der Waals surface area contributed by atoms with Gasteiger partial charge in [0.2, 0.25) is 0 Å². The Labute approximate surface area is 41.2 Å². The van der Waals surface area contributed by atoms with E-state index in [-0.39, 0.29) is 17.8 Å². The molecule has 0 aromatic rings. The van der Waals surface area contributed by atoms with Gasteiger partial charge in [-0.2, -0.15) is 0 Å². The Hall–Kier alpha value is -0.450. The molecule has 0 aliphatic carbocycles. The Bertz CT molecular complexity index is 48.1. The molecule has 5 N–H and O–H groups in total. The average molecular weight is 107 g/mol. The molecule has 0 aliphatic heterocycles. The highest BCUT2D eigenvalue weighted by Gasteiger charge is 1.88. The van der Waals surface area contributed by atoms with Crippen molar-refractivity contribution < 1.29 is 15.4 Å². The number of aliphatic hydroxyl groups excluding tert-OH is 1. The van der Waals surface area contributed by atoms with Gasteiger partial charge in [0.05, 0.1) is 6.54 Å². The minimum absolute atomic E-state index is 0. The molecule has 0 aromatic heterocycles. The third kappa shape index (κ3) is 5.55. The molecule has 0 fully saturated rings. The Morgan fingerprint density at radius 1 is 1.71 bits per heavy atom. The van der Waals surface area contributed by atoms with Gasteiger partial charge in [-0.15, -0.1) is 0 Å². The van der Waals surface area contributed by atoms with Crippen molar-refractivity contribution in [1.29, 1.82) is 0 Å². The van der Waals surface area contributed by atoms with Crippen LogP contribution in [0.1, 0.15) is 0 Å². The third-order valence-electron chi connectivity index (χ3n) is 0.404. The Morgan fingerprint density at radius 3 is 2.14 bits per heavy atom. The number of carbonyl (C=O) groups excluding carboxylic acids is 1. The van der Waals surface area contributed by atoms with E-state index in [0.717, 1.165) is 0 Å². The maximum absolute atomic E-state index is 9.81. The smallest absolute Gasteiger partial charge is 0.171 e. The first-order chi connectivity index (χ1) is 2.81. The number of rotatable bonds is 2. The van der Waals surface area contributed by atoms with Crippen LogP contribution in [0, 0.1) is 0 Å². The van der Waals surface area contributed by atoms with Crippen molar-refractivity contribution in [3.05, 3.63) is 0 Å². The van der Waals surface area contributed by atoms with Crippen LogP contribution >= 0.6 is 0 Å². The van der Waals surface area contributed by atoms with Crippen molar-refractivity contribution in [3.8, 4) is 0 Å². The predicted octanol–water partition coefficient (Wildman–Crippen LogP) is -2.32. The van der Waals surface area contributed by atoms with Gasteiger partial charge in [0.15, 0.2) is 5.78 Å². The van der Waals surface area contributed by atoms with Gasteiger partial charge < -0.3 is 16.3 Å². The molecule has 7 heavy (non-hydrogen) atoms. The number of aliphatic hydroxyl groups is 1. The molecule has 0 unspecified atom stereocenters. The molecule has 0 saturated carbocycles. The predicted molar refractivity (Wildman–Crippen MR) is 24.8 cm³/mol. The summed E-state index contributed by atoms with van der Waals surface area (Å²) in [6.07, 6.45) is 0. The number of hydrogen-bond donors (Lipinski definition) is 2. The molecule has 0 amide bonds. The lowest BCUT2D eigenvalue weighted by Gasteiger charge is -1.81. The van der Waals surface area contributed by atoms with E-state index in [0.29, 0.717) is 0 Å². The molecule has 4 nitrogen and oxygen atoms in total. The van der Waals surface area contributed by atoms with Gasteiger partial charge in [-0.3, -0.25) is 4.79 Å². The lowest BCUT2D eigenvalue weighted by atomic mass is 10.4. The maximum Gasteiger partial charge on any atom is 0.171 e. The van der Waals surface area contributed by atoms with Crippen LogP contribution in [0.15, 0.2) is 0 Å². The SMILES string of the molecule is NCC(=O)CO.O. The summed E-state index contributed by atoms with van der Waals surface area (Å²) in [5, 5.41) is 7.91. The lowest BCUT2D eigenvalue weighted by Crippen LogP contribution is -2.16. The number of Topliss-reactive ketones (excluding diaryl/α,β-unsaturated/α-hetero) is 1. The monoisotopic (exact) mass is 107 g/mol. The van der Waals surface area contributed by atoms with E-state index in [1.54, 1.807) is 0 Å². The fourth-order valence-corrected chi connectivity index (χ4v) is 0.0645. The summed E-state index contributed by atoms with van der Waals surface area (Å²) in [7, 11) is 0. The highest BCUT2D eigenvalue weighted by molar-refractivity contribution is 5.81. The Balaban J connectivity index is 0. The molecule has 0 atom stereocenters. The second-order valence-electron chi connectivity index (χ2n) is 0.901. The normalized spacial score (nSPS) is 7.14. The highest BCUT2D eigenvalue weighted by atomic mass is 16.3. The second kappa shape index (κ2) is 5.55. The van der Waals surface area contributed by atoms with Crippen molar-refractivity contribution in [2.24, 2.45) is 5.73 Å². The molecule has 0 aliphatic rings. The summed E-state index contributed by atoms with van der Waals surface area (Å²) in [4.78, 5) is 9.81. The van der Waals surface area contributed by atoms with Crippen molar-refractivity contribution in [2.75, 3.05) is 13.2 Å². The zero-order chi connectivity index (χ0) is 4.99. The van der Waals surface area contributed by atoms with Gasteiger partial charge in [0.25, 0.3) is 0 Å². The lowest BCUT2D eigenvalue weighted by molar-refractivity contribution is -0.120. The van der Waals surface area contributed by atoms with E-state index >= 15 is 0 Å². The first-order valence-corrected chi connectivity index (χ1v) is 1.64. The van der Waals surface area contributed by atoms with Crippen molar-refractivity contribution in [2.45, 2.75) is 0 Å². The van der Waals surface area contributed by atoms with Crippen LogP contribution in [-0.2, 0) is 4.79 Å². The Morgan fingerprint density at radius 2 is 2.14 bits per heavy atom. The van der Waals surface area contributed by atoms with Crippen molar-refractivity contribution >= 4 is 5.78 Å². The molecule has 4 heteroatoms. The van der Waals surface area contributed by atoms with E-state index in [1.165, 1.54) is 0 Å².